The lowest BCUT2D eigenvalue weighted by Crippen LogP contribution is -2.47. The lowest BCUT2D eigenvalue weighted by Gasteiger charge is -2.32. The highest BCUT2D eigenvalue weighted by atomic mass is 32.2. The fourth-order valence-corrected chi connectivity index (χ4v) is 3.72. The average molecular weight is 283 g/mol. The first kappa shape index (κ1) is 14.3. The number of likely N-dealkylation sites (tertiary alicyclic amines) is 1. The van der Waals surface area contributed by atoms with Crippen LogP contribution in [-0.4, -0.2) is 39.0 Å². The average Bonchev–Trinajstić information content (AvgIpc) is 2.38. The largest absolute Gasteiger partial charge is 0.399 e. The highest BCUT2D eigenvalue weighted by Crippen LogP contribution is 2.16. The second-order valence-corrected chi connectivity index (χ2v) is 6.64. The molecule has 1 unspecified atom stereocenters. The quantitative estimate of drug-likeness (QED) is 0.809. The standard InChI is InChI=1S/C13H21N3O2S/c1-2-16-8-4-6-12(10-16)15-19(17,18)13-7-3-5-11(14)9-13/h3,5,7,9,12,15H,2,4,6,8,10,14H2,1H3. The van der Waals surface area contributed by atoms with Crippen LogP contribution in [0.5, 0.6) is 0 Å². The first-order valence-corrected chi connectivity index (χ1v) is 8.10. The van der Waals surface area contributed by atoms with E-state index in [9.17, 15) is 8.42 Å². The maximum absolute atomic E-state index is 12.3. The first-order valence-electron chi connectivity index (χ1n) is 6.61. The van der Waals surface area contributed by atoms with Gasteiger partial charge in [0.1, 0.15) is 0 Å². The molecule has 2 rings (SSSR count). The van der Waals surface area contributed by atoms with Gasteiger partial charge >= 0.3 is 0 Å². The lowest BCUT2D eigenvalue weighted by molar-refractivity contribution is 0.211. The van der Waals surface area contributed by atoms with Gasteiger partial charge in [-0.2, -0.15) is 0 Å². The van der Waals surface area contributed by atoms with E-state index in [4.69, 9.17) is 5.73 Å². The second kappa shape index (κ2) is 5.90. The summed E-state index contributed by atoms with van der Waals surface area (Å²) in [7, 11) is -3.47. The molecule has 106 valence electrons. The number of nitrogens with two attached hydrogens (primary N) is 1. The molecular weight excluding hydrogens is 262 g/mol. The summed E-state index contributed by atoms with van der Waals surface area (Å²) in [6.07, 6.45) is 1.91. The third-order valence-electron chi connectivity index (χ3n) is 3.44. The Bertz CT molecular complexity index is 530. The van der Waals surface area contributed by atoms with Gasteiger partial charge < -0.3 is 10.6 Å². The normalized spacial score (nSPS) is 21.4. The first-order chi connectivity index (χ1) is 9.01. The van der Waals surface area contributed by atoms with Crippen molar-refractivity contribution in [3.63, 3.8) is 0 Å². The van der Waals surface area contributed by atoms with Crippen molar-refractivity contribution >= 4 is 15.7 Å². The van der Waals surface area contributed by atoms with E-state index in [1.54, 1.807) is 18.2 Å². The van der Waals surface area contributed by atoms with E-state index in [0.717, 1.165) is 32.5 Å². The van der Waals surface area contributed by atoms with Gasteiger partial charge in [0, 0.05) is 18.3 Å². The Morgan fingerprint density at radius 2 is 2.26 bits per heavy atom. The topological polar surface area (TPSA) is 75.4 Å². The molecule has 0 bridgehead atoms. The van der Waals surface area contributed by atoms with Gasteiger partial charge in [-0.05, 0) is 44.1 Å². The van der Waals surface area contributed by atoms with Crippen LogP contribution >= 0.6 is 0 Å². The molecule has 1 aromatic carbocycles. The maximum Gasteiger partial charge on any atom is 0.240 e. The Kier molecular flexibility index (Phi) is 4.44. The number of likely N-dealkylation sites (N-methyl/N-ethyl adjacent to an activating group) is 1. The Hall–Kier alpha value is -1.11. The number of anilines is 1. The number of piperidine rings is 1. The molecule has 1 heterocycles. The van der Waals surface area contributed by atoms with E-state index in [1.165, 1.54) is 6.07 Å². The lowest BCUT2D eigenvalue weighted by atomic mass is 10.1. The number of hydrogen-bond acceptors (Lipinski definition) is 4. The third kappa shape index (κ3) is 3.68. The molecule has 0 amide bonds. The van der Waals surface area contributed by atoms with E-state index in [-0.39, 0.29) is 10.9 Å². The minimum atomic E-state index is -3.47. The summed E-state index contributed by atoms with van der Waals surface area (Å²) in [6.45, 7) is 4.87. The van der Waals surface area contributed by atoms with Crippen LogP contribution in [0.3, 0.4) is 0 Å². The fourth-order valence-electron chi connectivity index (χ4n) is 2.41. The molecule has 0 aromatic heterocycles. The molecule has 6 heteroatoms. The summed E-state index contributed by atoms with van der Waals surface area (Å²) in [5.74, 6) is 0. The van der Waals surface area contributed by atoms with Crippen molar-refractivity contribution in [2.75, 3.05) is 25.4 Å². The summed E-state index contributed by atoms with van der Waals surface area (Å²) in [5, 5.41) is 0. The Morgan fingerprint density at radius 1 is 1.47 bits per heavy atom. The predicted octanol–water partition coefficient (Wildman–Crippen LogP) is 1.03. The molecule has 1 aliphatic heterocycles. The van der Waals surface area contributed by atoms with Gasteiger partial charge in [0.15, 0.2) is 0 Å². The molecule has 19 heavy (non-hydrogen) atoms. The van der Waals surface area contributed by atoms with Crippen molar-refractivity contribution in [3.05, 3.63) is 24.3 Å². The Balaban J connectivity index is 2.09. The van der Waals surface area contributed by atoms with Gasteiger partial charge in [-0.1, -0.05) is 13.0 Å². The minimum absolute atomic E-state index is 0.0138. The molecular formula is C13H21N3O2S. The van der Waals surface area contributed by atoms with Gasteiger partial charge in [0.2, 0.25) is 10.0 Å². The van der Waals surface area contributed by atoms with Crippen LogP contribution in [0.25, 0.3) is 0 Å². The van der Waals surface area contributed by atoms with Crippen molar-refractivity contribution in [2.45, 2.75) is 30.7 Å². The van der Waals surface area contributed by atoms with Crippen LogP contribution in [0.4, 0.5) is 5.69 Å². The fraction of sp³-hybridized carbons (Fsp3) is 0.538. The molecule has 3 N–H and O–H groups in total. The Labute approximate surface area is 114 Å². The number of nitrogens with zero attached hydrogens (tertiary/aromatic N) is 1. The highest BCUT2D eigenvalue weighted by Gasteiger charge is 2.24. The predicted molar refractivity (Wildman–Crippen MR) is 76.3 cm³/mol. The van der Waals surface area contributed by atoms with Crippen LogP contribution in [-0.2, 0) is 10.0 Å². The molecule has 1 atom stereocenters. The van der Waals surface area contributed by atoms with Crippen molar-refractivity contribution < 1.29 is 8.42 Å². The van der Waals surface area contributed by atoms with Crippen LogP contribution in [0.2, 0.25) is 0 Å². The summed E-state index contributed by atoms with van der Waals surface area (Å²) < 4.78 is 27.3. The van der Waals surface area contributed by atoms with Gasteiger partial charge in [0.05, 0.1) is 4.90 Å². The summed E-state index contributed by atoms with van der Waals surface area (Å²) in [4.78, 5) is 2.50. The van der Waals surface area contributed by atoms with Crippen LogP contribution in [0.1, 0.15) is 19.8 Å². The van der Waals surface area contributed by atoms with E-state index < -0.39 is 10.0 Å². The third-order valence-corrected chi connectivity index (χ3v) is 4.96. The molecule has 1 fully saturated rings. The van der Waals surface area contributed by atoms with E-state index in [2.05, 4.69) is 16.5 Å². The van der Waals surface area contributed by atoms with E-state index >= 15 is 0 Å². The Morgan fingerprint density at radius 3 is 2.95 bits per heavy atom. The van der Waals surface area contributed by atoms with Crippen LogP contribution in [0, 0.1) is 0 Å². The summed E-state index contributed by atoms with van der Waals surface area (Å²) in [5.41, 5.74) is 6.09. The van der Waals surface area contributed by atoms with E-state index in [0.29, 0.717) is 5.69 Å². The van der Waals surface area contributed by atoms with Crippen molar-refractivity contribution in [2.24, 2.45) is 0 Å². The number of hydrogen-bond donors (Lipinski definition) is 2. The molecule has 0 saturated carbocycles. The second-order valence-electron chi connectivity index (χ2n) is 4.93. The zero-order valence-corrected chi connectivity index (χ0v) is 12.0. The van der Waals surface area contributed by atoms with Crippen molar-refractivity contribution in [1.82, 2.24) is 9.62 Å². The summed E-state index contributed by atoms with van der Waals surface area (Å²) >= 11 is 0. The molecule has 1 aliphatic rings. The van der Waals surface area contributed by atoms with Gasteiger partial charge in [-0.3, -0.25) is 0 Å². The van der Waals surface area contributed by atoms with Crippen LogP contribution < -0.4 is 10.5 Å². The molecule has 5 nitrogen and oxygen atoms in total. The molecule has 1 saturated heterocycles. The van der Waals surface area contributed by atoms with E-state index in [1.807, 2.05) is 0 Å². The molecule has 0 spiro atoms. The zero-order chi connectivity index (χ0) is 13.9. The molecule has 1 aromatic rings. The molecule has 0 aliphatic carbocycles. The van der Waals surface area contributed by atoms with Crippen molar-refractivity contribution in [1.29, 1.82) is 0 Å². The highest BCUT2D eigenvalue weighted by molar-refractivity contribution is 7.89. The molecule has 0 radical (unpaired) electrons. The van der Waals surface area contributed by atoms with Crippen LogP contribution in [0.15, 0.2) is 29.2 Å². The van der Waals surface area contributed by atoms with Gasteiger partial charge in [-0.25, -0.2) is 13.1 Å². The number of sulfonamides is 1. The summed E-state index contributed by atoms with van der Waals surface area (Å²) in [6, 6.07) is 6.38. The number of benzene rings is 1. The minimum Gasteiger partial charge on any atom is -0.399 e. The maximum atomic E-state index is 12.3. The SMILES string of the molecule is CCN1CCCC(NS(=O)(=O)c2cccc(N)c2)C1. The number of nitrogens with one attached hydrogen (secondary N) is 1. The zero-order valence-electron chi connectivity index (χ0n) is 11.2. The van der Waals surface area contributed by atoms with Gasteiger partial charge in [0.25, 0.3) is 0 Å². The smallest absolute Gasteiger partial charge is 0.240 e. The monoisotopic (exact) mass is 283 g/mol. The van der Waals surface area contributed by atoms with Gasteiger partial charge in [-0.15, -0.1) is 0 Å². The number of nitrogen functional groups attached to an aromatic ring is 1. The van der Waals surface area contributed by atoms with Crippen molar-refractivity contribution in [3.8, 4) is 0 Å². The number of rotatable bonds is 4.